The maximum Gasteiger partial charge on any atom is 0.253 e. The first-order chi connectivity index (χ1) is 12.2. The van der Waals surface area contributed by atoms with Crippen molar-refractivity contribution in [1.29, 1.82) is 0 Å². The van der Waals surface area contributed by atoms with E-state index in [0.29, 0.717) is 12.1 Å². The maximum absolute atomic E-state index is 12.3. The van der Waals surface area contributed by atoms with E-state index in [0.717, 1.165) is 39.2 Å². The number of benzene rings is 2. The molecule has 0 bridgehead atoms. The Morgan fingerprint density at radius 3 is 2.64 bits per heavy atom. The standard InChI is InChI=1S/C19H21IN4O/c1-21-8-9-22-15-4-6-16(7-5-15)23-12-18-17-10-14(20)3-2-13(17)11-24-19(18)25/h2-7,10,12,21-23H,8-9,11H2,1H3,(H,24,25)/b18-12-. The molecule has 0 aliphatic carbocycles. The molecular weight excluding hydrogens is 427 g/mol. The molecule has 2 aromatic rings. The molecule has 1 aliphatic heterocycles. The van der Waals surface area contributed by atoms with Gasteiger partial charge in [-0.25, -0.2) is 0 Å². The van der Waals surface area contributed by atoms with Crippen LogP contribution in [0.2, 0.25) is 0 Å². The number of carbonyl (C=O) groups is 1. The molecule has 5 nitrogen and oxygen atoms in total. The second kappa shape index (κ2) is 8.35. The van der Waals surface area contributed by atoms with Gasteiger partial charge in [0.15, 0.2) is 0 Å². The van der Waals surface area contributed by atoms with Crippen LogP contribution in [0.5, 0.6) is 0 Å². The quantitative estimate of drug-likeness (QED) is 0.312. The van der Waals surface area contributed by atoms with Crippen molar-refractivity contribution in [3.8, 4) is 0 Å². The third kappa shape index (κ3) is 4.52. The second-order valence-electron chi connectivity index (χ2n) is 5.79. The zero-order valence-electron chi connectivity index (χ0n) is 14.0. The van der Waals surface area contributed by atoms with Gasteiger partial charge in [0.2, 0.25) is 0 Å². The predicted molar refractivity (Wildman–Crippen MR) is 111 cm³/mol. The van der Waals surface area contributed by atoms with Crippen LogP contribution in [0.4, 0.5) is 11.4 Å². The van der Waals surface area contributed by atoms with E-state index in [4.69, 9.17) is 0 Å². The Morgan fingerprint density at radius 2 is 1.88 bits per heavy atom. The summed E-state index contributed by atoms with van der Waals surface area (Å²) >= 11 is 2.27. The highest BCUT2D eigenvalue weighted by atomic mass is 127. The number of hydrogen-bond donors (Lipinski definition) is 4. The summed E-state index contributed by atoms with van der Waals surface area (Å²) in [6.07, 6.45) is 1.78. The Labute approximate surface area is 161 Å². The number of fused-ring (bicyclic) bond motifs is 1. The minimum Gasteiger partial charge on any atom is -0.384 e. The van der Waals surface area contributed by atoms with E-state index in [1.165, 1.54) is 0 Å². The Kier molecular flexibility index (Phi) is 5.93. The number of likely N-dealkylation sites (N-methyl/N-ethyl adjacent to an activating group) is 1. The SMILES string of the molecule is CNCCNc1ccc(N/C=C2\C(=O)NCc3ccc(I)cc32)cc1. The van der Waals surface area contributed by atoms with Gasteiger partial charge in [-0.15, -0.1) is 0 Å². The van der Waals surface area contributed by atoms with Crippen molar-refractivity contribution in [1.82, 2.24) is 10.6 Å². The average molecular weight is 448 g/mol. The molecule has 0 spiro atoms. The molecule has 2 aromatic carbocycles. The van der Waals surface area contributed by atoms with E-state index >= 15 is 0 Å². The van der Waals surface area contributed by atoms with E-state index in [-0.39, 0.29) is 5.91 Å². The van der Waals surface area contributed by atoms with Gasteiger partial charge >= 0.3 is 0 Å². The summed E-state index contributed by atoms with van der Waals surface area (Å²) in [5, 5.41) is 12.6. The van der Waals surface area contributed by atoms with Gasteiger partial charge in [0.25, 0.3) is 5.91 Å². The van der Waals surface area contributed by atoms with Crippen LogP contribution in [0.15, 0.2) is 48.7 Å². The van der Waals surface area contributed by atoms with Gasteiger partial charge < -0.3 is 21.3 Å². The molecule has 0 aromatic heterocycles. The minimum atomic E-state index is -0.0487. The average Bonchev–Trinajstić information content (AvgIpc) is 2.62. The van der Waals surface area contributed by atoms with Crippen molar-refractivity contribution in [3.05, 3.63) is 63.4 Å². The Bertz CT molecular complexity index is 787. The van der Waals surface area contributed by atoms with Crippen molar-refractivity contribution in [2.24, 2.45) is 0 Å². The van der Waals surface area contributed by atoms with Gasteiger partial charge in [-0.3, -0.25) is 4.79 Å². The molecule has 1 amide bonds. The lowest BCUT2D eigenvalue weighted by Crippen LogP contribution is -2.29. The minimum absolute atomic E-state index is 0.0487. The Balaban J connectivity index is 1.73. The van der Waals surface area contributed by atoms with E-state index < -0.39 is 0 Å². The first-order valence-corrected chi connectivity index (χ1v) is 9.27. The van der Waals surface area contributed by atoms with Gasteiger partial charge in [-0.1, -0.05) is 6.07 Å². The number of rotatable bonds is 6. The molecule has 0 unspecified atom stereocenters. The second-order valence-corrected chi connectivity index (χ2v) is 7.04. The van der Waals surface area contributed by atoms with Crippen molar-refractivity contribution < 1.29 is 4.79 Å². The highest BCUT2D eigenvalue weighted by molar-refractivity contribution is 14.1. The van der Waals surface area contributed by atoms with Gasteiger partial charge in [-0.2, -0.15) is 0 Å². The van der Waals surface area contributed by atoms with Gasteiger partial charge in [0.05, 0.1) is 5.57 Å². The zero-order chi connectivity index (χ0) is 17.6. The molecule has 1 heterocycles. The van der Waals surface area contributed by atoms with E-state index in [1.807, 2.05) is 31.3 Å². The number of amides is 1. The van der Waals surface area contributed by atoms with Crippen LogP contribution in [0, 0.1) is 3.57 Å². The zero-order valence-corrected chi connectivity index (χ0v) is 16.2. The summed E-state index contributed by atoms with van der Waals surface area (Å²) in [6.45, 7) is 2.37. The first kappa shape index (κ1) is 17.8. The van der Waals surface area contributed by atoms with Crippen LogP contribution in [-0.4, -0.2) is 26.0 Å². The van der Waals surface area contributed by atoms with E-state index in [9.17, 15) is 4.79 Å². The van der Waals surface area contributed by atoms with E-state index in [1.54, 1.807) is 6.20 Å². The van der Waals surface area contributed by atoms with Crippen LogP contribution in [-0.2, 0) is 11.3 Å². The van der Waals surface area contributed by atoms with Crippen molar-refractivity contribution in [2.45, 2.75) is 6.54 Å². The fraction of sp³-hybridized carbons (Fsp3) is 0.211. The molecule has 1 aliphatic rings. The van der Waals surface area contributed by atoms with Crippen LogP contribution < -0.4 is 21.3 Å². The number of hydrogen-bond acceptors (Lipinski definition) is 4. The topological polar surface area (TPSA) is 65.2 Å². The van der Waals surface area contributed by atoms with Crippen LogP contribution in [0.1, 0.15) is 11.1 Å². The molecule has 4 N–H and O–H groups in total. The molecule has 0 radical (unpaired) electrons. The third-order valence-corrected chi connectivity index (χ3v) is 4.69. The molecular formula is C19H21IN4O. The van der Waals surface area contributed by atoms with Crippen LogP contribution in [0.25, 0.3) is 5.57 Å². The Morgan fingerprint density at radius 1 is 1.12 bits per heavy atom. The highest BCUT2D eigenvalue weighted by Gasteiger charge is 2.21. The monoisotopic (exact) mass is 448 g/mol. The Hall–Kier alpha value is -2.06. The van der Waals surface area contributed by atoms with Gasteiger partial charge in [0, 0.05) is 40.8 Å². The summed E-state index contributed by atoms with van der Waals surface area (Å²) in [4.78, 5) is 12.3. The molecule has 0 saturated carbocycles. The number of carbonyl (C=O) groups excluding carboxylic acids is 1. The smallest absolute Gasteiger partial charge is 0.253 e. The number of anilines is 2. The summed E-state index contributed by atoms with van der Waals surface area (Å²) in [5.74, 6) is -0.0487. The lowest BCUT2D eigenvalue weighted by Gasteiger charge is -2.20. The normalized spacial score (nSPS) is 14.8. The lowest BCUT2D eigenvalue weighted by atomic mass is 9.96. The summed E-state index contributed by atoms with van der Waals surface area (Å²) in [5.41, 5.74) is 4.81. The number of nitrogens with one attached hydrogen (secondary N) is 4. The van der Waals surface area contributed by atoms with Gasteiger partial charge in [-0.05, 0) is 77.2 Å². The molecule has 6 heteroatoms. The predicted octanol–water partition coefficient (Wildman–Crippen LogP) is 3.01. The van der Waals surface area contributed by atoms with Crippen LogP contribution >= 0.6 is 22.6 Å². The molecule has 3 rings (SSSR count). The van der Waals surface area contributed by atoms with E-state index in [2.05, 4.69) is 62.1 Å². The summed E-state index contributed by atoms with van der Waals surface area (Å²) in [7, 11) is 1.93. The van der Waals surface area contributed by atoms with Gasteiger partial charge in [0.1, 0.15) is 0 Å². The van der Waals surface area contributed by atoms with Crippen LogP contribution in [0.3, 0.4) is 0 Å². The molecule has 25 heavy (non-hydrogen) atoms. The molecule has 130 valence electrons. The fourth-order valence-electron chi connectivity index (χ4n) is 2.66. The van der Waals surface area contributed by atoms with Crippen molar-refractivity contribution in [2.75, 3.05) is 30.8 Å². The summed E-state index contributed by atoms with van der Waals surface area (Å²) in [6, 6.07) is 14.2. The molecule has 0 fully saturated rings. The third-order valence-electron chi connectivity index (χ3n) is 4.02. The lowest BCUT2D eigenvalue weighted by molar-refractivity contribution is -0.116. The first-order valence-electron chi connectivity index (χ1n) is 8.19. The maximum atomic E-state index is 12.3. The molecule has 0 atom stereocenters. The van der Waals surface area contributed by atoms with Crippen molar-refractivity contribution >= 4 is 45.4 Å². The van der Waals surface area contributed by atoms with Crippen molar-refractivity contribution in [3.63, 3.8) is 0 Å². The molecule has 0 saturated heterocycles. The largest absolute Gasteiger partial charge is 0.384 e. The fourth-order valence-corrected chi connectivity index (χ4v) is 3.15. The number of halogens is 1. The summed E-state index contributed by atoms with van der Waals surface area (Å²) < 4.78 is 1.12. The highest BCUT2D eigenvalue weighted by Crippen LogP contribution is 2.26.